The van der Waals surface area contributed by atoms with E-state index in [4.69, 9.17) is 11.6 Å². The molecular formula is C27H26ClF3N2O4S. The molecule has 0 spiro atoms. The molecule has 3 aromatic carbocycles. The summed E-state index contributed by atoms with van der Waals surface area (Å²) in [6.07, 6.45) is -2.62. The molecule has 0 amide bonds. The third kappa shape index (κ3) is 5.49. The number of nitrogens with zero attached hydrogens (tertiary/aromatic N) is 1. The van der Waals surface area contributed by atoms with Crippen molar-refractivity contribution < 1.29 is 31.4 Å². The van der Waals surface area contributed by atoms with Gasteiger partial charge in [-0.2, -0.15) is 0 Å². The van der Waals surface area contributed by atoms with Gasteiger partial charge in [0, 0.05) is 11.4 Å². The Morgan fingerprint density at radius 3 is 2.13 bits per heavy atom. The monoisotopic (exact) mass is 566 g/mol. The number of aryl methyl sites for hydroxylation is 2. The lowest BCUT2D eigenvalue weighted by molar-refractivity contribution is -0.274. The molecule has 38 heavy (non-hydrogen) atoms. The van der Waals surface area contributed by atoms with Crippen LogP contribution in [0.15, 0.2) is 71.6 Å². The number of ether oxygens (including phenoxy) is 1. The molecule has 3 aromatic rings. The van der Waals surface area contributed by atoms with Gasteiger partial charge < -0.3 is 14.7 Å². The van der Waals surface area contributed by atoms with Gasteiger partial charge in [0.25, 0.3) is 0 Å². The van der Waals surface area contributed by atoms with Crippen molar-refractivity contribution in [3.05, 3.63) is 82.9 Å². The summed E-state index contributed by atoms with van der Waals surface area (Å²) in [7, 11) is -4.21. The van der Waals surface area contributed by atoms with Crippen molar-refractivity contribution in [1.82, 2.24) is 4.72 Å². The van der Waals surface area contributed by atoms with Crippen molar-refractivity contribution in [3.63, 3.8) is 0 Å². The first-order chi connectivity index (χ1) is 18.0. The standard InChI is InChI=1S/C27H26ClF3N2O4S/c28-20-16-19(14-15-25(20)37-27(29,30)31)38(35,36)32-21-8-5-11-24(26(21)34)33-22-9-3-1-6-17(22)12-13-18-7-2-4-10-23(18)33/h1-4,6-7,9-10,14-16,21,24,26,32,34H,5,8,11-13H2/t21-,24+,26+/m0/s1. The smallest absolute Gasteiger partial charge is 0.404 e. The van der Waals surface area contributed by atoms with Crippen LogP contribution in [0.5, 0.6) is 5.75 Å². The van der Waals surface area contributed by atoms with Gasteiger partial charge in [-0.15, -0.1) is 13.2 Å². The Hall–Kier alpha value is -2.79. The van der Waals surface area contributed by atoms with Gasteiger partial charge in [0.2, 0.25) is 10.0 Å². The maximum absolute atomic E-state index is 13.2. The number of rotatable bonds is 5. The third-order valence-corrected chi connectivity index (χ3v) is 8.85. The van der Waals surface area contributed by atoms with Gasteiger partial charge in [0.05, 0.1) is 28.1 Å². The van der Waals surface area contributed by atoms with Gasteiger partial charge in [-0.3, -0.25) is 0 Å². The number of nitrogens with one attached hydrogen (secondary N) is 1. The summed E-state index contributed by atoms with van der Waals surface area (Å²) in [5.74, 6) is -0.700. The van der Waals surface area contributed by atoms with Crippen LogP contribution in [0.25, 0.3) is 0 Å². The predicted octanol–water partition coefficient (Wildman–Crippen LogP) is 5.74. The first-order valence-electron chi connectivity index (χ1n) is 12.2. The quantitative estimate of drug-likeness (QED) is 0.412. The number of hydrogen-bond acceptors (Lipinski definition) is 5. The van der Waals surface area contributed by atoms with Crippen LogP contribution in [-0.2, 0) is 22.9 Å². The molecule has 1 aliphatic heterocycles. The number of halogens is 4. The largest absolute Gasteiger partial charge is 0.573 e. The van der Waals surface area contributed by atoms with Crippen molar-refractivity contribution in [2.45, 2.75) is 61.5 Å². The summed E-state index contributed by atoms with van der Waals surface area (Å²) < 4.78 is 70.4. The number of anilines is 2. The van der Waals surface area contributed by atoms with Gasteiger partial charge in [-0.05, 0) is 73.6 Å². The molecule has 0 saturated heterocycles. The molecule has 0 unspecified atom stereocenters. The zero-order chi connectivity index (χ0) is 27.1. The van der Waals surface area contributed by atoms with Crippen LogP contribution in [0.1, 0.15) is 30.4 Å². The minimum absolute atomic E-state index is 0.322. The highest BCUT2D eigenvalue weighted by Crippen LogP contribution is 2.41. The molecule has 1 fully saturated rings. The van der Waals surface area contributed by atoms with Crippen LogP contribution in [-0.4, -0.2) is 38.1 Å². The topological polar surface area (TPSA) is 78.9 Å². The fourth-order valence-electron chi connectivity index (χ4n) is 5.36. The second kappa shape index (κ2) is 10.4. The van der Waals surface area contributed by atoms with E-state index in [0.29, 0.717) is 19.3 Å². The molecule has 1 saturated carbocycles. The highest BCUT2D eigenvalue weighted by molar-refractivity contribution is 7.89. The number of aliphatic hydroxyl groups is 1. The Bertz CT molecular complexity index is 1390. The summed E-state index contributed by atoms with van der Waals surface area (Å²) in [6.45, 7) is 0. The summed E-state index contributed by atoms with van der Waals surface area (Å²) in [4.78, 5) is 1.81. The zero-order valence-corrected chi connectivity index (χ0v) is 21.7. The second-order valence-electron chi connectivity index (χ2n) is 9.48. The molecule has 202 valence electrons. The van der Waals surface area contributed by atoms with E-state index in [-0.39, 0.29) is 4.90 Å². The van der Waals surface area contributed by atoms with Crippen LogP contribution in [0.4, 0.5) is 24.5 Å². The SMILES string of the molecule is O=S(=O)(N[C@H]1CCC[C@@H](N2c3ccccc3CCc3ccccc32)[C@@H]1O)c1ccc(OC(F)(F)F)c(Cl)c1. The van der Waals surface area contributed by atoms with E-state index in [1.54, 1.807) is 0 Å². The highest BCUT2D eigenvalue weighted by Gasteiger charge is 2.40. The maximum atomic E-state index is 13.2. The van der Waals surface area contributed by atoms with Crippen molar-refractivity contribution >= 4 is 33.0 Å². The minimum Gasteiger partial charge on any atom is -0.404 e. The predicted molar refractivity (Wildman–Crippen MR) is 138 cm³/mol. The lowest BCUT2D eigenvalue weighted by Crippen LogP contribution is -2.55. The fraction of sp³-hybridized carbons (Fsp3) is 0.333. The lowest BCUT2D eigenvalue weighted by atomic mass is 9.86. The molecule has 2 aliphatic rings. The first-order valence-corrected chi connectivity index (χ1v) is 14.1. The summed E-state index contributed by atoms with van der Waals surface area (Å²) in [5, 5.41) is 11.0. The average Bonchev–Trinajstić information content (AvgIpc) is 3.03. The number of fused-ring (bicyclic) bond motifs is 2. The second-order valence-corrected chi connectivity index (χ2v) is 11.6. The highest BCUT2D eigenvalue weighted by atomic mass is 35.5. The van der Waals surface area contributed by atoms with E-state index in [9.17, 15) is 26.7 Å². The number of sulfonamides is 1. The molecule has 6 nitrogen and oxygen atoms in total. The molecule has 0 radical (unpaired) electrons. The first kappa shape index (κ1) is 26.8. The molecule has 3 atom stereocenters. The van der Waals surface area contributed by atoms with Crippen molar-refractivity contribution in [2.75, 3.05) is 4.90 Å². The van der Waals surface area contributed by atoms with E-state index < -0.39 is 45.3 Å². The fourth-order valence-corrected chi connectivity index (χ4v) is 6.96. The van der Waals surface area contributed by atoms with Gasteiger partial charge in [0.15, 0.2) is 0 Å². The molecule has 1 aliphatic carbocycles. The Balaban J connectivity index is 1.43. The Labute approximate surface area is 224 Å². The number of alkyl halides is 3. The zero-order valence-electron chi connectivity index (χ0n) is 20.2. The van der Waals surface area contributed by atoms with Crippen LogP contribution < -0.4 is 14.4 Å². The summed E-state index contributed by atoms with van der Waals surface area (Å²) in [5.41, 5.74) is 4.26. The molecule has 0 bridgehead atoms. The molecule has 0 aromatic heterocycles. The Kier molecular flexibility index (Phi) is 7.34. The molecular weight excluding hydrogens is 541 g/mol. The maximum Gasteiger partial charge on any atom is 0.573 e. The Morgan fingerprint density at radius 1 is 0.947 bits per heavy atom. The van der Waals surface area contributed by atoms with Gasteiger partial charge in [-0.25, -0.2) is 13.1 Å². The number of hydrogen-bond donors (Lipinski definition) is 2. The molecule has 5 rings (SSSR count). The van der Waals surface area contributed by atoms with Gasteiger partial charge >= 0.3 is 6.36 Å². The molecule has 2 N–H and O–H groups in total. The molecule has 11 heteroatoms. The van der Waals surface area contributed by atoms with Crippen LogP contribution in [0.2, 0.25) is 5.02 Å². The average molecular weight is 567 g/mol. The number of benzene rings is 3. The third-order valence-electron chi connectivity index (χ3n) is 7.06. The van der Waals surface area contributed by atoms with Gasteiger partial charge in [0.1, 0.15) is 5.75 Å². The van der Waals surface area contributed by atoms with E-state index in [1.807, 2.05) is 36.4 Å². The lowest BCUT2D eigenvalue weighted by Gasteiger charge is -2.43. The van der Waals surface area contributed by atoms with Crippen LogP contribution in [0.3, 0.4) is 0 Å². The van der Waals surface area contributed by atoms with Gasteiger partial charge in [-0.1, -0.05) is 48.0 Å². The van der Waals surface area contributed by atoms with E-state index >= 15 is 0 Å². The number of para-hydroxylation sites is 2. The van der Waals surface area contributed by atoms with Crippen molar-refractivity contribution in [3.8, 4) is 5.75 Å². The minimum atomic E-state index is -4.96. The van der Waals surface area contributed by atoms with Crippen LogP contribution in [0, 0.1) is 0 Å². The van der Waals surface area contributed by atoms with Crippen molar-refractivity contribution in [1.29, 1.82) is 0 Å². The Morgan fingerprint density at radius 2 is 1.55 bits per heavy atom. The van der Waals surface area contributed by atoms with E-state index in [1.165, 1.54) is 0 Å². The normalized spacial score (nSPS) is 21.8. The number of aliphatic hydroxyl groups excluding tert-OH is 1. The summed E-state index contributed by atoms with van der Waals surface area (Å²) in [6, 6.07) is 17.6. The van der Waals surface area contributed by atoms with E-state index in [0.717, 1.165) is 53.5 Å². The molecule has 1 heterocycles. The summed E-state index contributed by atoms with van der Waals surface area (Å²) >= 11 is 5.88. The van der Waals surface area contributed by atoms with Crippen LogP contribution >= 0.6 is 11.6 Å². The van der Waals surface area contributed by atoms with Crippen molar-refractivity contribution in [2.24, 2.45) is 0 Å². The van der Waals surface area contributed by atoms with E-state index in [2.05, 4.69) is 26.5 Å².